The summed E-state index contributed by atoms with van der Waals surface area (Å²) in [7, 11) is -2.99. The second kappa shape index (κ2) is 5.96. The number of benzene rings is 1. The molecule has 1 aliphatic rings. The Labute approximate surface area is 122 Å². The van der Waals surface area contributed by atoms with Crippen LogP contribution in [0.5, 0.6) is 0 Å². The summed E-state index contributed by atoms with van der Waals surface area (Å²) in [6.07, 6.45) is -3.47. The molecule has 0 aromatic heterocycles. The molecule has 1 saturated heterocycles. The van der Waals surface area contributed by atoms with E-state index in [1.807, 2.05) is 0 Å². The minimum Gasteiger partial charge on any atom is -0.330 e. The summed E-state index contributed by atoms with van der Waals surface area (Å²) in [6.45, 7) is 0.214. The minimum absolute atomic E-state index is 0.0157. The fraction of sp³-hybridized carbons (Fsp3) is 0.571. The average molecular weight is 321 g/mol. The molecule has 0 aliphatic carbocycles. The maximum atomic E-state index is 12.8. The van der Waals surface area contributed by atoms with Crippen LogP contribution in [0.15, 0.2) is 24.3 Å². The molecule has 0 bridgehead atoms. The smallest absolute Gasteiger partial charge is 0.330 e. The van der Waals surface area contributed by atoms with E-state index in [1.165, 1.54) is 6.07 Å². The molecule has 0 radical (unpaired) electrons. The molecule has 1 atom stereocenters. The molecule has 3 nitrogen and oxygen atoms in total. The Hall–Kier alpha value is -1.08. The molecule has 0 saturated carbocycles. The molecule has 2 N–H and O–H groups in total. The number of alkyl halides is 3. The van der Waals surface area contributed by atoms with E-state index in [2.05, 4.69) is 0 Å². The van der Waals surface area contributed by atoms with Crippen LogP contribution >= 0.6 is 0 Å². The van der Waals surface area contributed by atoms with E-state index in [0.717, 1.165) is 12.1 Å². The Bertz CT molecular complexity index is 584. The van der Waals surface area contributed by atoms with Crippen LogP contribution in [0.2, 0.25) is 0 Å². The predicted octanol–water partition coefficient (Wildman–Crippen LogP) is 2.57. The first kappa shape index (κ1) is 16.3. The van der Waals surface area contributed by atoms with Gasteiger partial charge in [0.1, 0.15) is 9.84 Å². The van der Waals surface area contributed by atoms with Gasteiger partial charge in [0, 0.05) is 0 Å². The third-order valence-corrected chi connectivity index (χ3v) is 5.78. The van der Waals surface area contributed by atoms with E-state index in [9.17, 15) is 21.6 Å². The van der Waals surface area contributed by atoms with Crippen molar-refractivity contribution in [2.75, 3.05) is 18.1 Å². The van der Waals surface area contributed by atoms with Gasteiger partial charge in [-0.05, 0) is 42.9 Å². The van der Waals surface area contributed by atoms with E-state index in [-0.39, 0.29) is 29.9 Å². The van der Waals surface area contributed by atoms with Gasteiger partial charge < -0.3 is 5.73 Å². The first-order valence-corrected chi connectivity index (χ1v) is 8.63. The maximum absolute atomic E-state index is 12.8. The van der Waals surface area contributed by atoms with Gasteiger partial charge in [-0.15, -0.1) is 0 Å². The van der Waals surface area contributed by atoms with Crippen LogP contribution in [0.4, 0.5) is 13.2 Å². The fourth-order valence-electron chi connectivity index (χ4n) is 2.86. The lowest BCUT2D eigenvalue weighted by Crippen LogP contribution is -2.30. The normalized spacial score (nSPS) is 21.1. The second-order valence-corrected chi connectivity index (χ2v) is 7.76. The van der Waals surface area contributed by atoms with Crippen LogP contribution in [0.3, 0.4) is 0 Å². The zero-order valence-electron chi connectivity index (χ0n) is 11.4. The van der Waals surface area contributed by atoms with Crippen molar-refractivity contribution >= 4 is 9.84 Å². The van der Waals surface area contributed by atoms with Crippen LogP contribution in [-0.4, -0.2) is 26.5 Å². The number of nitrogens with two attached hydrogens (primary N) is 1. The molecule has 1 aromatic carbocycles. The van der Waals surface area contributed by atoms with Gasteiger partial charge >= 0.3 is 6.18 Å². The Morgan fingerprint density at radius 2 is 1.86 bits per heavy atom. The first-order chi connectivity index (χ1) is 9.73. The van der Waals surface area contributed by atoms with Crippen LogP contribution in [0.25, 0.3) is 0 Å². The highest BCUT2D eigenvalue weighted by Crippen LogP contribution is 2.36. The predicted molar refractivity (Wildman–Crippen MR) is 74.6 cm³/mol. The molecule has 0 spiro atoms. The zero-order chi connectivity index (χ0) is 15.7. The quantitative estimate of drug-likeness (QED) is 0.931. The lowest BCUT2D eigenvalue weighted by atomic mass is 9.82. The highest BCUT2D eigenvalue weighted by atomic mass is 32.2. The molecule has 1 aromatic rings. The SMILES string of the molecule is NCC(c1cccc(C(F)(F)F)c1)C1CCS(=O)(=O)CC1. The van der Waals surface area contributed by atoms with E-state index >= 15 is 0 Å². The average Bonchev–Trinajstić information content (AvgIpc) is 2.41. The van der Waals surface area contributed by atoms with E-state index < -0.39 is 21.6 Å². The molecule has 1 fully saturated rings. The Morgan fingerprint density at radius 1 is 1.24 bits per heavy atom. The molecule has 1 unspecified atom stereocenters. The van der Waals surface area contributed by atoms with Gasteiger partial charge in [0.25, 0.3) is 0 Å². The number of sulfone groups is 1. The van der Waals surface area contributed by atoms with Crippen molar-refractivity contribution in [3.63, 3.8) is 0 Å². The van der Waals surface area contributed by atoms with Crippen molar-refractivity contribution in [1.29, 1.82) is 0 Å². The van der Waals surface area contributed by atoms with Crippen molar-refractivity contribution in [2.45, 2.75) is 24.9 Å². The Balaban J connectivity index is 2.22. The van der Waals surface area contributed by atoms with Gasteiger partial charge in [0.05, 0.1) is 17.1 Å². The zero-order valence-corrected chi connectivity index (χ0v) is 12.3. The standard InChI is InChI=1S/C14H18F3NO2S/c15-14(16,17)12-3-1-2-11(8-12)13(9-18)10-4-6-21(19,20)7-5-10/h1-3,8,10,13H,4-7,9,18H2. The van der Waals surface area contributed by atoms with Crippen LogP contribution in [0.1, 0.15) is 29.9 Å². The number of rotatable bonds is 3. The number of hydrogen-bond acceptors (Lipinski definition) is 3. The lowest BCUT2D eigenvalue weighted by Gasteiger charge is -2.30. The summed E-state index contributed by atoms with van der Waals surface area (Å²) >= 11 is 0. The summed E-state index contributed by atoms with van der Waals surface area (Å²) in [5.41, 5.74) is 5.58. The molecule has 7 heteroatoms. The molecular formula is C14H18F3NO2S. The molecule has 0 amide bonds. The molecular weight excluding hydrogens is 303 g/mol. The van der Waals surface area contributed by atoms with Crippen molar-refractivity contribution < 1.29 is 21.6 Å². The number of hydrogen-bond donors (Lipinski definition) is 1. The van der Waals surface area contributed by atoms with Gasteiger partial charge in [0.15, 0.2) is 0 Å². The van der Waals surface area contributed by atoms with Crippen LogP contribution in [0, 0.1) is 5.92 Å². The number of halogens is 3. The van der Waals surface area contributed by atoms with E-state index in [1.54, 1.807) is 6.07 Å². The summed E-state index contributed by atoms with van der Waals surface area (Å²) in [5.74, 6) is -0.0370. The topological polar surface area (TPSA) is 60.2 Å². The maximum Gasteiger partial charge on any atom is 0.416 e. The highest BCUT2D eigenvalue weighted by molar-refractivity contribution is 7.91. The minimum atomic E-state index is -4.38. The Kier molecular flexibility index (Phi) is 4.63. The summed E-state index contributed by atoms with van der Waals surface area (Å²) in [4.78, 5) is 0. The largest absolute Gasteiger partial charge is 0.416 e. The summed E-state index contributed by atoms with van der Waals surface area (Å²) in [6, 6.07) is 5.17. The van der Waals surface area contributed by atoms with E-state index in [4.69, 9.17) is 5.73 Å². The molecule has 2 rings (SSSR count). The second-order valence-electron chi connectivity index (χ2n) is 5.45. The van der Waals surface area contributed by atoms with Crippen molar-refractivity contribution in [2.24, 2.45) is 11.7 Å². The third kappa shape index (κ3) is 3.97. The first-order valence-electron chi connectivity index (χ1n) is 6.80. The third-order valence-electron chi connectivity index (χ3n) is 4.06. The molecule has 118 valence electrons. The van der Waals surface area contributed by atoms with Crippen LogP contribution < -0.4 is 5.73 Å². The monoisotopic (exact) mass is 321 g/mol. The fourth-order valence-corrected chi connectivity index (χ4v) is 4.38. The molecule has 1 aliphatic heterocycles. The van der Waals surface area contributed by atoms with Gasteiger partial charge in [0.2, 0.25) is 0 Å². The Morgan fingerprint density at radius 3 is 2.38 bits per heavy atom. The van der Waals surface area contributed by atoms with Crippen molar-refractivity contribution in [1.82, 2.24) is 0 Å². The van der Waals surface area contributed by atoms with Gasteiger partial charge in [-0.1, -0.05) is 18.2 Å². The van der Waals surface area contributed by atoms with Gasteiger partial charge in [-0.25, -0.2) is 8.42 Å². The van der Waals surface area contributed by atoms with E-state index in [0.29, 0.717) is 18.4 Å². The van der Waals surface area contributed by atoms with Crippen LogP contribution in [-0.2, 0) is 16.0 Å². The highest BCUT2D eigenvalue weighted by Gasteiger charge is 2.33. The molecule has 1 heterocycles. The van der Waals surface area contributed by atoms with Crippen molar-refractivity contribution in [3.8, 4) is 0 Å². The summed E-state index contributed by atoms with van der Waals surface area (Å²) < 4.78 is 61.2. The van der Waals surface area contributed by atoms with Gasteiger partial charge in [-0.2, -0.15) is 13.2 Å². The van der Waals surface area contributed by atoms with Gasteiger partial charge in [-0.3, -0.25) is 0 Å². The molecule has 21 heavy (non-hydrogen) atoms. The lowest BCUT2D eigenvalue weighted by molar-refractivity contribution is -0.137. The van der Waals surface area contributed by atoms with Crippen molar-refractivity contribution in [3.05, 3.63) is 35.4 Å². The summed E-state index contributed by atoms with van der Waals surface area (Å²) in [5, 5.41) is 0.